The lowest BCUT2D eigenvalue weighted by Gasteiger charge is -2.12. The molecule has 0 aliphatic rings. The highest BCUT2D eigenvalue weighted by Gasteiger charge is 2.13. The first-order valence-corrected chi connectivity index (χ1v) is 9.50. The molecule has 21 heavy (non-hydrogen) atoms. The van der Waals surface area contributed by atoms with E-state index < -0.39 is 0 Å². The van der Waals surface area contributed by atoms with Gasteiger partial charge in [-0.1, -0.05) is 28.4 Å². The summed E-state index contributed by atoms with van der Waals surface area (Å²) in [6, 6.07) is 8.67. The molecule has 0 amide bonds. The summed E-state index contributed by atoms with van der Waals surface area (Å²) >= 11 is 5.71. The largest absolute Gasteiger partial charge is 0.275 e. The molecule has 0 saturated carbocycles. The van der Waals surface area contributed by atoms with Crippen LogP contribution in [0.15, 0.2) is 46.2 Å². The van der Waals surface area contributed by atoms with Gasteiger partial charge in [-0.3, -0.25) is 3.97 Å². The minimum absolute atomic E-state index is 0.158. The maximum Gasteiger partial charge on any atom is 0.169 e. The fourth-order valence-electron chi connectivity index (χ4n) is 2.10. The van der Waals surface area contributed by atoms with Crippen LogP contribution in [0.4, 0.5) is 0 Å². The highest BCUT2D eigenvalue weighted by Crippen LogP contribution is 2.34. The molecule has 108 valence electrons. The molecule has 3 rings (SSSR count). The Kier molecular flexibility index (Phi) is 4.46. The van der Waals surface area contributed by atoms with Crippen LogP contribution in [0.2, 0.25) is 0 Å². The summed E-state index contributed by atoms with van der Waals surface area (Å²) < 4.78 is 4.09. The molecule has 2 heterocycles. The van der Waals surface area contributed by atoms with Gasteiger partial charge in [-0.2, -0.15) is 0 Å². The van der Waals surface area contributed by atoms with Gasteiger partial charge in [0.25, 0.3) is 0 Å². The van der Waals surface area contributed by atoms with Gasteiger partial charge in [0.2, 0.25) is 0 Å². The molecule has 0 aliphatic heterocycles. The van der Waals surface area contributed by atoms with E-state index in [0.29, 0.717) is 0 Å². The van der Waals surface area contributed by atoms with E-state index in [1.165, 1.54) is 10.5 Å². The Bertz CT molecular complexity index is 840. The zero-order chi connectivity index (χ0) is 15.0. The second-order valence-electron chi connectivity index (χ2n) is 4.53. The molecule has 3 nitrogen and oxygen atoms in total. The SMILES string of the molecule is C/C=S(\c1ccc(C)cc1)n1cc(I)c2nc(Br)cnc21. The number of aryl methyl sites for hydroxylation is 1. The van der Waals surface area contributed by atoms with Gasteiger partial charge >= 0.3 is 0 Å². The average molecular weight is 474 g/mol. The molecule has 1 aromatic carbocycles. The van der Waals surface area contributed by atoms with E-state index in [1.54, 1.807) is 6.20 Å². The second kappa shape index (κ2) is 6.18. The number of halogens is 2. The van der Waals surface area contributed by atoms with Crippen molar-refractivity contribution in [1.82, 2.24) is 13.9 Å². The molecule has 1 unspecified atom stereocenters. The normalized spacial score (nSPS) is 13.0. The van der Waals surface area contributed by atoms with Gasteiger partial charge in [0, 0.05) is 11.1 Å². The Morgan fingerprint density at radius 1 is 1.29 bits per heavy atom. The van der Waals surface area contributed by atoms with Crippen molar-refractivity contribution in [3.8, 4) is 0 Å². The summed E-state index contributed by atoms with van der Waals surface area (Å²) in [5.41, 5.74) is 3.13. The number of fused-ring (bicyclic) bond motifs is 1. The number of rotatable bonds is 2. The van der Waals surface area contributed by atoms with Gasteiger partial charge in [0.15, 0.2) is 5.65 Å². The first-order valence-electron chi connectivity index (χ1n) is 6.39. The van der Waals surface area contributed by atoms with E-state index in [0.717, 1.165) is 19.3 Å². The molecule has 0 radical (unpaired) electrons. The first kappa shape index (κ1) is 15.2. The van der Waals surface area contributed by atoms with Crippen LogP contribution in [0.1, 0.15) is 12.5 Å². The van der Waals surface area contributed by atoms with Gasteiger partial charge < -0.3 is 0 Å². The summed E-state index contributed by atoms with van der Waals surface area (Å²) in [7, 11) is -0.158. The lowest BCUT2D eigenvalue weighted by Crippen LogP contribution is -1.93. The van der Waals surface area contributed by atoms with Gasteiger partial charge in [0.05, 0.1) is 9.77 Å². The predicted molar refractivity (Wildman–Crippen MR) is 102 cm³/mol. The molecular weight excluding hydrogens is 461 g/mol. The van der Waals surface area contributed by atoms with Gasteiger partial charge in [-0.25, -0.2) is 9.97 Å². The summed E-state index contributed by atoms with van der Waals surface area (Å²) in [6.45, 7) is 4.20. The number of benzene rings is 1. The molecule has 0 bridgehead atoms. The smallest absolute Gasteiger partial charge is 0.169 e. The fraction of sp³-hybridized carbons (Fsp3) is 0.133. The zero-order valence-corrected chi connectivity index (χ0v) is 16.1. The molecule has 1 atom stereocenters. The molecule has 3 aromatic rings. The lowest BCUT2D eigenvalue weighted by molar-refractivity contribution is 1.19. The van der Waals surface area contributed by atoms with Crippen LogP contribution >= 0.6 is 49.2 Å². The molecular formula is C15H13BrIN3S. The standard InChI is InChI=1S/C15H13BrIN3S/c1-3-21(11-6-4-10(2)5-7-11)20-9-12(17)14-15(20)18-8-13(16)19-14/h3-9H,1-2H3. The van der Waals surface area contributed by atoms with Crippen molar-refractivity contribution in [2.45, 2.75) is 18.7 Å². The van der Waals surface area contributed by atoms with Crippen LogP contribution in [0, 0.1) is 10.5 Å². The Morgan fingerprint density at radius 2 is 2.00 bits per heavy atom. The van der Waals surface area contributed by atoms with E-state index in [9.17, 15) is 0 Å². The Morgan fingerprint density at radius 3 is 2.67 bits per heavy atom. The van der Waals surface area contributed by atoms with E-state index >= 15 is 0 Å². The van der Waals surface area contributed by atoms with Crippen LogP contribution in [0.25, 0.3) is 11.2 Å². The van der Waals surface area contributed by atoms with Crippen LogP contribution in [0.3, 0.4) is 0 Å². The van der Waals surface area contributed by atoms with Crippen molar-refractivity contribution in [2.24, 2.45) is 0 Å². The third kappa shape index (κ3) is 2.93. The maximum absolute atomic E-state index is 4.55. The maximum atomic E-state index is 4.55. The third-order valence-corrected chi connectivity index (χ3v) is 6.16. The zero-order valence-electron chi connectivity index (χ0n) is 11.5. The van der Waals surface area contributed by atoms with E-state index in [-0.39, 0.29) is 10.7 Å². The third-order valence-electron chi connectivity index (χ3n) is 3.09. The Hall–Kier alpha value is -0.730. The molecule has 0 fully saturated rings. The number of aromatic nitrogens is 3. The molecule has 2 aromatic heterocycles. The van der Waals surface area contributed by atoms with Crippen molar-refractivity contribution in [3.63, 3.8) is 0 Å². The molecule has 0 saturated heterocycles. The van der Waals surface area contributed by atoms with Crippen molar-refractivity contribution in [2.75, 3.05) is 0 Å². The van der Waals surface area contributed by atoms with E-state index in [4.69, 9.17) is 0 Å². The van der Waals surface area contributed by atoms with Crippen LogP contribution in [-0.2, 0) is 0 Å². The second-order valence-corrected chi connectivity index (χ2v) is 8.47. The summed E-state index contributed by atoms with van der Waals surface area (Å²) in [4.78, 5) is 10.4. The highest BCUT2D eigenvalue weighted by atomic mass is 127. The molecule has 0 spiro atoms. The van der Waals surface area contributed by atoms with Crippen molar-refractivity contribution in [3.05, 3.63) is 50.4 Å². The summed E-state index contributed by atoms with van der Waals surface area (Å²) in [6.07, 6.45) is 3.88. The minimum atomic E-state index is -0.158. The number of hydrogen-bond donors (Lipinski definition) is 0. The number of nitrogens with zero attached hydrogens (tertiary/aromatic N) is 3. The van der Waals surface area contributed by atoms with Crippen molar-refractivity contribution in [1.29, 1.82) is 0 Å². The molecule has 6 heteroatoms. The van der Waals surface area contributed by atoms with Crippen LogP contribution < -0.4 is 0 Å². The first-order chi connectivity index (χ1) is 10.1. The van der Waals surface area contributed by atoms with Crippen molar-refractivity contribution < 1.29 is 0 Å². The molecule has 0 aliphatic carbocycles. The Balaban J connectivity index is 2.20. The quantitative estimate of drug-likeness (QED) is 0.386. The summed E-state index contributed by atoms with van der Waals surface area (Å²) in [5.74, 6) is 0. The van der Waals surface area contributed by atoms with Gasteiger partial charge in [0.1, 0.15) is 10.1 Å². The summed E-state index contributed by atoms with van der Waals surface area (Å²) in [5, 5.41) is 2.21. The van der Waals surface area contributed by atoms with E-state index in [2.05, 4.69) is 102 Å². The van der Waals surface area contributed by atoms with Crippen molar-refractivity contribution >= 4 is 65.7 Å². The fourth-order valence-corrected chi connectivity index (χ4v) is 4.89. The topological polar surface area (TPSA) is 30.7 Å². The van der Waals surface area contributed by atoms with Crippen LogP contribution in [0.5, 0.6) is 0 Å². The lowest BCUT2D eigenvalue weighted by atomic mass is 10.2. The van der Waals surface area contributed by atoms with E-state index in [1.807, 2.05) is 0 Å². The van der Waals surface area contributed by atoms with Gasteiger partial charge in [-0.05, 0) is 69.9 Å². The predicted octanol–water partition coefficient (Wildman–Crippen LogP) is 5.02. The average Bonchev–Trinajstić information content (AvgIpc) is 2.79. The Labute approximate surface area is 148 Å². The van der Waals surface area contributed by atoms with Gasteiger partial charge in [-0.15, -0.1) is 0 Å². The highest BCUT2D eigenvalue weighted by molar-refractivity contribution is 14.1. The minimum Gasteiger partial charge on any atom is -0.275 e. The number of hydrogen-bond acceptors (Lipinski definition) is 2. The van der Waals surface area contributed by atoms with Crippen LogP contribution in [-0.4, -0.2) is 19.3 Å². The monoisotopic (exact) mass is 473 g/mol. The molecule has 0 N–H and O–H groups in total.